The van der Waals surface area contributed by atoms with Crippen molar-refractivity contribution >= 4 is 0 Å². The van der Waals surface area contributed by atoms with Crippen LogP contribution >= 0.6 is 0 Å². The van der Waals surface area contributed by atoms with Crippen molar-refractivity contribution in [2.45, 2.75) is 24.5 Å². The SMILES string of the molecule is O1C2OC12OC12OC1O2. The van der Waals surface area contributed by atoms with Crippen LogP contribution in [0.2, 0.25) is 0 Å². The van der Waals surface area contributed by atoms with Crippen LogP contribution in [0, 0.1) is 0 Å². The Labute approximate surface area is 49.4 Å². The highest BCUT2D eigenvalue weighted by Crippen LogP contribution is 2.67. The molecule has 4 aliphatic heterocycles. The van der Waals surface area contributed by atoms with Gasteiger partial charge in [-0.2, -0.15) is 0 Å². The van der Waals surface area contributed by atoms with E-state index < -0.39 is 11.9 Å². The third kappa shape index (κ3) is 0.295. The maximum atomic E-state index is 5.11. The van der Waals surface area contributed by atoms with Gasteiger partial charge in [0, 0.05) is 0 Å². The molecule has 0 aliphatic carbocycles. The van der Waals surface area contributed by atoms with Crippen molar-refractivity contribution in [3.63, 3.8) is 0 Å². The zero-order chi connectivity index (χ0) is 5.69. The molecule has 0 radical (unpaired) electrons. The van der Waals surface area contributed by atoms with E-state index >= 15 is 0 Å². The molecule has 4 saturated heterocycles. The summed E-state index contributed by atoms with van der Waals surface area (Å²) in [6.45, 7) is 0. The first kappa shape index (κ1) is 3.85. The number of hydrogen-bond acceptors (Lipinski definition) is 5. The van der Waals surface area contributed by atoms with E-state index in [0.717, 1.165) is 0 Å². The van der Waals surface area contributed by atoms with E-state index in [1.807, 2.05) is 0 Å². The third-order valence-electron chi connectivity index (χ3n) is 1.72. The molecule has 0 N–H and O–H groups in total. The van der Waals surface area contributed by atoms with Crippen molar-refractivity contribution in [2.75, 3.05) is 0 Å². The summed E-state index contributed by atoms with van der Waals surface area (Å²) in [6.07, 6.45) is -0.276. The van der Waals surface area contributed by atoms with Crippen molar-refractivity contribution < 1.29 is 23.7 Å². The van der Waals surface area contributed by atoms with E-state index in [0.29, 0.717) is 0 Å². The molecule has 4 rings (SSSR count). The van der Waals surface area contributed by atoms with Gasteiger partial charge >= 0.3 is 11.9 Å². The van der Waals surface area contributed by atoms with Crippen molar-refractivity contribution in [2.24, 2.45) is 0 Å². The summed E-state index contributed by atoms with van der Waals surface area (Å²) >= 11 is 0. The minimum absolute atomic E-state index is 0.138. The predicted molar refractivity (Wildman–Crippen MR) is 18.5 cm³/mol. The van der Waals surface area contributed by atoms with Crippen molar-refractivity contribution in [1.29, 1.82) is 0 Å². The quantitative estimate of drug-likeness (QED) is 0.452. The molecule has 4 heterocycles. The smallest absolute Gasteiger partial charge is 0.284 e. The van der Waals surface area contributed by atoms with Gasteiger partial charge in [0.05, 0.1) is 0 Å². The molecule has 0 bridgehead atoms. The Morgan fingerprint density at radius 2 is 1.22 bits per heavy atom. The second kappa shape index (κ2) is 0.694. The van der Waals surface area contributed by atoms with Gasteiger partial charge in [-0.15, -0.1) is 0 Å². The number of ether oxygens (including phenoxy) is 5. The second-order valence-corrected chi connectivity index (χ2v) is 2.44. The van der Waals surface area contributed by atoms with Crippen LogP contribution in [0.25, 0.3) is 0 Å². The standard InChI is InChI=1S/C4H2O5/c5-1-3(5,6-1)9-4-2(7-4)8-4/h1-2H. The minimum Gasteiger partial charge on any atom is -0.284 e. The fraction of sp³-hybridized carbons (Fsp3) is 1.00. The van der Waals surface area contributed by atoms with Gasteiger partial charge in [-0.25, -0.2) is 0 Å². The Balaban J connectivity index is 1.62. The monoisotopic (exact) mass is 130 g/mol. The molecule has 4 fully saturated rings. The molecule has 4 aliphatic rings. The fourth-order valence-electron chi connectivity index (χ4n) is 0.869. The zero-order valence-corrected chi connectivity index (χ0v) is 4.20. The highest BCUT2D eigenvalue weighted by atomic mass is 17.2. The average molecular weight is 130 g/mol. The summed E-state index contributed by atoms with van der Waals surface area (Å²) < 4.78 is 24.4. The van der Waals surface area contributed by atoms with E-state index in [1.54, 1.807) is 0 Å². The number of fused-ring (bicyclic) bond motifs is 2. The van der Waals surface area contributed by atoms with Crippen LogP contribution in [0.4, 0.5) is 0 Å². The lowest BCUT2D eigenvalue weighted by Crippen LogP contribution is -2.14. The average Bonchev–Trinajstić information content (AvgIpc) is 2.21. The minimum atomic E-state index is -0.745. The molecular formula is C4H2O5. The maximum absolute atomic E-state index is 5.11. The van der Waals surface area contributed by atoms with Gasteiger partial charge in [0.25, 0.3) is 12.6 Å². The van der Waals surface area contributed by atoms with Crippen LogP contribution in [-0.2, 0) is 23.7 Å². The largest absolute Gasteiger partial charge is 0.347 e. The molecule has 0 aromatic heterocycles. The zero-order valence-electron chi connectivity index (χ0n) is 4.20. The normalized spacial score (nSPS) is 78.7. The van der Waals surface area contributed by atoms with Crippen LogP contribution in [0.15, 0.2) is 0 Å². The van der Waals surface area contributed by atoms with Gasteiger partial charge in [-0.3, -0.25) is 23.7 Å². The van der Waals surface area contributed by atoms with Crippen LogP contribution in [0.3, 0.4) is 0 Å². The van der Waals surface area contributed by atoms with Gasteiger partial charge in [-0.05, 0) is 0 Å². The Kier molecular flexibility index (Phi) is 0.296. The molecular weight excluding hydrogens is 128 g/mol. The second-order valence-electron chi connectivity index (χ2n) is 2.44. The molecule has 48 valence electrons. The first-order valence-corrected chi connectivity index (χ1v) is 2.74. The first-order chi connectivity index (χ1) is 4.33. The summed E-state index contributed by atoms with van der Waals surface area (Å²) in [4.78, 5) is 0. The Morgan fingerprint density at radius 1 is 0.889 bits per heavy atom. The fourth-order valence-corrected chi connectivity index (χ4v) is 0.869. The molecule has 9 heavy (non-hydrogen) atoms. The van der Waals surface area contributed by atoms with E-state index in [2.05, 4.69) is 0 Å². The van der Waals surface area contributed by atoms with Crippen molar-refractivity contribution in [3.05, 3.63) is 0 Å². The number of rotatable bonds is 2. The summed E-state index contributed by atoms with van der Waals surface area (Å²) in [5.74, 6) is -1.49. The summed E-state index contributed by atoms with van der Waals surface area (Å²) in [5, 5.41) is 0. The van der Waals surface area contributed by atoms with Crippen LogP contribution in [-0.4, -0.2) is 24.5 Å². The lowest BCUT2D eigenvalue weighted by molar-refractivity contribution is -0.293. The van der Waals surface area contributed by atoms with Gasteiger partial charge in [-0.1, -0.05) is 0 Å². The first-order valence-electron chi connectivity index (χ1n) is 2.74. The highest BCUT2D eigenvalue weighted by molar-refractivity contribution is 5.03. The Morgan fingerprint density at radius 3 is 1.44 bits per heavy atom. The number of epoxide rings is 4. The van der Waals surface area contributed by atoms with Crippen LogP contribution < -0.4 is 0 Å². The van der Waals surface area contributed by atoms with E-state index in [1.165, 1.54) is 0 Å². The lowest BCUT2D eigenvalue weighted by atomic mass is 10.8. The van der Waals surface area contributed by atoms with Gasteiger partial charge in [0.2, 0.25) is 0 Å². The molecule has 0 aromatic rings. The number of hydrogen-bond donors (Lipinski definition) is 0. The topological polar surface area (TPSA) is 59.4 Å². The van der Waals surface area contributed by atoms with E-state index in [9.17, 15) is 0 Å². The van der Waals surface area contributed by atoms with Gasteiger partial charge in [0.15, 0.2) is 0 Å². The third-order valence-corrected chi connectivity index (χ3v) is 1.72. The highest BCUT2D eigenvalue weighted by Gasteiger charge is 2.91. The van der Waals surface area contributed by atoms with E-state index in [4.69, 9.17) is 23.7 Å². The van der Waals surface area contributed by atoms with Crippen LogP contribution in [0.1, 0.15) is 0 Å². The Bertz CT molecular complexity index is 179. The molecule has 5 heteroatoms. The summed E-state index contributed by atoms with van der Waals surface area (Å²) in [6, 6.07) is 0. The van der Waals surface area contributed by atoms with Crippen LogP contribution in [0.5, 0.6) is 0 Å². The predicted octanol–water partition coefficient (Wildman–Crippen LogP) is -0.916. The molecule has 0 unspecified atom stereocenters. The molecule has 0 aromatic carbocycles. The maximum Gasteiger partial charge on any atom is 0.347 e. The van der Waals surface area contributed by atoms with Gasteiger partial charge in [0.1, 0.15) is 0 Å². The molecule has 0 spiro atoms. The molecule has 0 saturated carbocycles. The van der Waals surface area contributed by atoms with Crippen molar-refractivity contribution in [3.8, 4) is 0 Å². The molecule has 0 amide bonds. The summed E-state index contributed by atoms with van der Waals surface area (Å²) in [7, 11) is 0. The van der Waals surface area contributed by atoms with Gasteiger partial charge < -0.3 is 0 Å². The summed E-state index contributed by atoms with van der Waals surface area (Å²) in [5.41, 5.74) is 0. The Hall–Kier alpha value is -0.200. The van der Waals surface area contributed by atoms with E-state index in [-0.39, 0.29) is 12.6 Å². The lowest BCUT2D eigenvalue weighted by Gasteiger charge is -2.00. The molecule has 5 nitrogen and oxygen atoms in total. The van der Waals surface area contributed by atoms with Crippen molar-refractivity contribution in [1.82, 2.24) is 0 Å². The molecule has 0 atom stereocenters.